The smallest absolute Gasteiger partial charge is 0.0934 e. The number of hydrogen-bond donors (Lipinski definition) is 0. The number of allylic oxidation sites excluding steroid dienone is 2. The maximum absolute atomic E-state index is 7.59. The molecule has 0 amide bonds. The second-order valence-electron chi connectivity index (χ2n) is 9.70. The molecule has 2 atom stereocenters. The molecular formula is C33H26Cl2Hf. The zero-order valence-electron chi connectivity index (χ0n) is 20.4. The van der Waals surface area contributed by atoms with E-state index in [0.717, 1.165) is 22.3 Å². The van der Waals surface area contributed by atoms with Crippen LogP contribution in [0.1, 0.15) is 42.5 Å². The minimum atomic E-state index is -0.679. The van der Waals surface area contributed by atoms with Crippen LogP contribution in [0.5, 0.6) is 0 Å². The van der Waals surface area contributed by atoms with Crippen molar-refractivity contribution in [2.75, 3.05) is 0 Å². The second kappa shape index (κ2) is 9.60. The van der Waals surface area contributed by atoms with E-state index in [1.165, 1.54) is 33.4 Å². The Bertz CT molecular complexity index is 1390. The average Bonchev–Trinajstić information content (AvgIpc) is 3.29. The largest absolute Gasteiger partial charge is 0.109 e. The molecule has 0 saturated heterocycles. The van der Waals surface area contributed by atoms with E-state index in [-0.39, 0.29) is 25.8 Å². The Labute approximate surface area is 242 Å². The molecule has 2 aliphatic carbocycles. The maximum atomic E-state index is 7.59. The standard InChI is InChI=1S/C33H26Cl2.Hf/c1-22-19-28-26(24-11-5-3-6-12-24)15-9-17-30(28)32(22,34)21-33(35)23(2)20-29-27(16-10-18-31(29)33)25-13-7-4-8-14-25;/h3-20H,21H2,1-2H3;. The van der Waals surface area contributed by atoms with Crippen molar-refractivity contribution in [1.29, 1.82) is 0 Å². The van der Waals surface area contributed by atoms with E-state index in [4.69, 9.17) is 23.2 Å². The van der Waals surface area contributed by atoms with Gasteiger partial charge in [-0.15, -0.1) is 23.2 Å². The maximum Gasteiger partial charge on any atom is 0.0934 e. The van der Waals surface area contributed by atoms with Crippen LogP contribution in [-0.4, -0.2) is 0 Å². The summed E-state index contributed by atoms with van der Waals surface area (Å²) in [4.78, 5) is -1.36. The van der Waals surface area contributed by atoms with E-state index >= 15 is 0 Å². The third kappa shape index (κ3) is 3.92. The minimum absolute atomic E-state index is 0. The number of alkyl halides is 2. The van der Waals surface area contributed by atoms with Gasteiger partial charge < -0.3 is 0 Å². The Hall–Kier alpha value is -2.19. The van der Waals surface area contributed by atoms with E-state index in [2.05, 4.69) is 111 Å². The van der Waals surface area contributed by atoms with Crippen LogP contribution >= 0.6 is 23.2 Å². The molecule has 176 valence electrons. The molecule has 3 heteroatoms. The minimum Gasteiger partial charge on any atom is -0.109 e. The molecule has 0 saturated carbocycles. The summed E-state index contributed by atoms with van der Waals surface area (Å²) in [5.41, 5.74) is 11.8. The molecule has 6 rings (SSSR count). The summed E-state index contributed by atoms with van der Waals surface area (Å²) in [6, 6.07) is 33.9. The summed E-state index contributed by atoms with van der Waals surface area (Å²) in [7, 11) is 0. The molecule has 2 unspecified atom stereocenters. The summed E-state index contributed by atoms with van der Waals surface area (Å²) in [6.45, 7) is 4.27. The van der Waals surface area contributed by atoms with Crippen LogP contribution in [-0.2, 0) is 35.6 Å². The van der Waals surface area contributed by atoms with Gasteiger partial charge in [-0.3, -0.25) is 0 Å². The van der Waals surface area contributed by atoms with Crippen LogP contribution < -0.4 is 0 Å². The van der Waals surface area contributed by atoms with Crippen molar-refractivity contribution >= 4 is 35.4 Å². The number of benzene rings is 4. The Balaban J connectivity index is 0.00000267. The average molecular weight is 672 g/mol. The van der Waals surface area contributed by atoms with Crippen LogP contribution in [0.3, 0.4) is 0 Å². The molecular weight excluding hydrogens is 646 g/mol. The van der Waals surface area contributed by atoms with Gasteiger partial charge in [-0.25, -0.2) is 0 Å². The molecule has 0 radical (unpaired) electrons. The first-order chi connectivity index (χ1) is 16.9. The van der Waals surface area contributed by atoms with Crippen molar-refractivity contribution in [1.82, 2.24) is 0 Å². The number of halogens is 2. The van der Waals surface area contributed by atoms with E-state index in [9.17, 15) is 0 Å². The first kappa shape index (κ1) is 25.5. The van der Waals surface area contributed by atoms with E-state index < -0.39 is 9.75 Å². The van der Waals surface area contributed by atoms with Gasteiger partial charge >= 0.3 is 0 Å². The van der Waals surface area contributed by atoms with Crippen molar-refractivity contribution in [3.63, 3.8) is 0 Å². The van der Waals surface area contributed by atoms with Crippen LogP contribution in [0.4, 0.5) is 0 Å². The first-order valence-electron chi connectivity index (χ1n) is 12.0. The molecule has 0 aromatic heterocycles. The molecule has 0 bridgehead atoms. The normalized spacial score (nSPS) is 21.8. The van der Waals surface area contributed by atoms with Crippen LogP contribution in [0, 0.1) is 0 Å². The van der Waals surface area contributed by atoms with Crippen molar-refractivity contribution in [2.24, 2.45) is 0 Å². The molecule has 36 heavy (non-hydrogen) atoms. The summed E-state index contributed by atoms with van der Waals surface area (Å²) >= 11 is 15.2. The van der Waals surface area contributed by atoms with Crippen LogP contribution in [0.25, 0.3) is 34.4 Å². The van der Waals surface area contributed by atoms with E-state index in [0.29, 0.717) is 6.42 Å². The Kier molecular flexibility index (Phi) is 6.79. The predicted molar refractivity (Wildman–Crippen MR) is 151 cm³/mol. The monoisotopic (exact) mass is 672 g/mol. The molecule has 0 spiro atoms. The quantitative estimate of drug-likeness (QED) is 0.150. The summed E-state index contributed by atoms with van der Waals surface area (Å²) in [5, 5.41) is 0. The number of hydrogen-bond acceptors (Lipinski definition) is 0. The van der Waals surface area contributed by atoms with Gasteiger partial charge in [0.05, 0.1) is 9.75 Å². The van der Waals surface area contributed by atoms with Crippen molar-refractivity contribution in [2.45, 2.75) is 30.0 Å². The predicted octanol–water partition coefficient (Wildman–Crippen LogP) is 9.81. The Morgan fingerprint density at radius 1 is 0.528 bits per heavy atom. The van der Waals surface area contributed by atoms with Crippen molar-refractivity contribution in [3.05, 3.63) is 130 Å². The summed E-state index contributed by atoms with van der Waals surface area (Å²) in [6.07, 6.45) is 5.09. The van der Waals surface area contributed by atoms with Gasteiger partial charge in [0, 0.05) is 32.3 Å². The Morgan fingerprint density at radius 2 is 0.917 bits per heavy atom. The van der Waals surface area contributed by atoms with E-state index in [1.54, 1.807) is 0 Å². The topological polar surface area (TPSA) is 0 Å². The third-order valence-electron chi connectivity index (χ3n) is 7.69. The fourth-order valence-corrected chi connectivity index (χ4v) is 6.67. The Morgan fingerprint density at radius 3 is 1.31 bits per heavy atom. The summed E-state index contributed by atoms with van der Waals surface area (Å²) in [5.74, 6) is 0. The molecule has 0 fully saturated rings. The van der Waals surface area contributed by atoms with Gasteiger partial charge in [0.15, 0.2) is 0 Å². The van der Waals surface area contributed by atoms with Crippen LogP contribution in [0.15, 0.2) is 108 Å². The third-order valence-corrected chi connectivity index (χ3v) is 8.97. The molecule has 4 aromatic rings. The molecule has 4 aromatic carbocycles. The van der Waals surface area contributed by atoms with Crippen molar-refractivity contribution in [3.8, 4) is 22.3 Å². The number of rotatable bonds is 4. The summed E-state index contributed by atoms with van der Waals surface area (Å²) < 4.78 is 0. The van der Waals surface area contributed by atoms with Crippen molar-refractivity contribution < 1.29 is 25.8 Å². The van der Waals surface area contributed by atoms with Gasteiger partial charge in [-0.05, 0) is 69.5 Å². The molecule has 2 aliphatic rings. The van der Waals surface area contributed by atoms with Gasteiger partial charge in [0.1, 0.15) is 0 Å². The zero-order chi connectivity index (χ0) is 24.2. The SMILES string of the molecule is CC1=Cc2c(-c3ccccc3)cccc2C1(Cl)CC1(Cl)C(C)=Cc2c(-c3ccccc3)cccc21.[Hf]. The van der Waals surface area contributed by atoms with E-state index in [1.807, 2.05) is 12.1 Å². The van der Waals surface area contributed by atoms with Gasteiger partial charge in [-0.1, -0.05) is 109 Å². The fourth-order valence-electron chi connectivity index (χ4n) is 5.76. The molecule has 0 nitrogen and oxygen atoms in total. The molecule has 0 N–H and O–H groups in total. The number of fused-ring (bicyclic) bond motifs is 2. The fraction of sp³-hybridized carbons (Fsp3) is 0.152. The van der Waals surface area contributed by atoms with Crippen LogP contribution in [0.2, 0.25) is 0 Å². The second-order valence-corrected chi connectivity index (χ2v) is 11.0. The van der Waals surface area contributed by atoms with Gasteiger partial charge in [0.2, 0.25) is 0 Å². The molecule has 0 heterocycles. The molecule has 0 aliphatic heterocycles. The van der Waals surface area contributed by atoms with Gasteiger partial charge in [0.25, 0.3) is 0 Å². The van der Waals surface area contributed by atoms with Gasteiger partial charge in [-0.2, -0.15) is 0 Å². The first-order valence-corrected chi connectivity index (χ1v) is 12.8. The zero-order valence-corrected chi connectivity index (χ0v) is 25.5.